The summed E-state index contributed by atoms with van der Waals surface area (Å²) in [5.74, 6) is 0. The summed E-state index contributed by atoms with van der Waals surface area (Å²) in [5.41, 5.74) is 5.61. The Morgan fingerprint density at radius 1 is 1.21 bits per heavy atom. The molecule has 0 aliphatic heterocycles. The van der Waals surface area contributed by atoms with Crippen molar-refractivity contribution >= 4 is 10.9 Å². The fourth-order valence-electron chi connectivity index (χ4n) is 3.00. The zero-order valence-corrected chi connectivity index (χ0v) is 11.3. The van der Waals surface area contributed by atoms with Gasteiger partial charge in [0.05, 0.1) is 0 Å². The first kappa shape index (κ1) is 12.7. The number of fused-ring (bicyclic) bond motifs is 3. The van der Waals surface area contributed by atoms with Gasteiger partial charge >= 0.3 is 0 Å². The second-order valence-corrected chi connectivity index (χ2v) is 5.42. The van der Waals surface area contributed by atoms with E-state index in [0.717, 1.165) is 19.5 Å². The predicted octanol–water partition coefficient (Wildman–Crippen LogP) is 2.52. The van der Waals surface area contributed by atoms with Gasteiger partial charge in [-0.3, -0.25) is 0 Å². The molecule has 0 unspecified atom stereocenters. The van der Waals surface area contributed by atoms with Crippen molar-refractivity contribution in [3.63, 3.8) is 0 Å². The maximum atomic E-state index is 8.77. The Morgan fingerprint density at radius 3 is 3.00 bits per heavy atom. The summed E-state index contributed by atoms with van der Waals surface area (Å²) in [7, 11) is 0. The van der Waals surface area contributed by atoms with E-state index < -0.39 is 0 Å². The molecule has 0 bridgehead atoms. The number of benzene rings is 1. The maximum absolute atomic E-state index is 8.77. The van der Waals surface area contributed by atoms with Gasteiger partial charge in [0.1, 0.15) is 0 Å². The molecule has 3 rings (SSSR count). The number of aromatic amines is 1. The Balaban J connectivity index is 1.79. The molecular formula is C16H22N2O. The minimum Gasteiger partial charge on any atom is -0.396 e. The molecule has 102 valence electrons. The topological polar surface area (TPSA) is 48.0 Å². The number of nitrogens with one attached hydrogen (secondary N) is 2. The fraction of sp³-hybridized carbons (Fsp3) is 0.500. The van der Waals surface area contributed by atoms with Crippen molar-refractivity contribution in [3.8, 4) is 0 Å². The van der Waals surface area contributed by atoms with Gasteiger partial charge in [0, 0.05) is 29.7 Å². The average molecular weight is 258 g/mol. The number of H-pyrrole nitrogens is 1. The Labute approximate surface area is 114 Å². The number of hydrogen-bond donors (Lipinski definition) is 3. The number of aryl methyl sites for hydroxylation is 2. The third kappa shape index (κ3) is 2.67. The Hall–Kier alpha value is -1.32. The van der Waals surface area contributed by atoms with E-state index in [9.17, 15) is 0 Å². The molecule has 0 saturated carbocycles. The molecule has 19 heavy (non-hydrogen) atoms. The van der Waals surface area contributed by atoms with E-state index in [1.165, 1.54) is 47.8 Å². The molecule has 3 nitrogen and oxygen atoms in total. The first-order chi connectivity index (χ1) is 9.38. The van der Waals surface area contributed by atoms with Crippen LogP contribution in [-0.4, -0.2) is 23.2 Å². The first-order valence-corrected chi connectivity index (χ1v) is 7.32. The molecule has 1 aliphatic rings. The van der Waals surface area contributed by atoms with Crippen LogP contribution in [0.1, 0.15) is 36.1 Å². The van der Waals surface area contributed by atoms with Crippen LogP contribution in [0.5, 0.6) is 0 Å². The predicted molar refractivity (Wildman–Crippen MR) is 78.4 cm³/mol. The normalized spacial score (nSPS) is 14.8. The van der Waals surface area contributed by atoms with Crippen molar-refractivity contribution in [1.82, 2.24) is 10.3 Å². The van der Waals surface area contributed by atoms with Crippen LogP contribution in [0.4, 0.5) is 0 Å². The highest BCUT2D eigenvalue weighted by molar-refractivity contribution is 5.85. The number of aliphatic hydroxyl groups is 1. The third-order valence-corrected chi connectivity index (χ3v) is 4.00. The van der Waals surface area contributed by atoms with E-state index in [2.05, 4.69) is 28.5 Å². The lowest BCUT2D eigenvalue weighted by molar-refractivity contribution is 0.286. The van der Waals surface area contributed by atoms with E-state index in [1.807, 2.05) is 0 Å². The highest BCUT2D eigenvalue weighted by atomic mass is 16.3. The molecule has 3 heteroatoms. The van der Waals surface area contributed by atoms with Crippen molar-refractivity contribution in [2.75, 3.05) is 13.2 Å². The molecule has 3 N–H and O–H groups in total. The van der Waals surface area contributed by atoms with Crippen LogP contribution < -0.4 is 5.32 Å². The molecule has 1 aromatic carbocycles. The maximum Gasteiger partial charge on any atom is 0.0459 e. The summed E-state index contributed by atoms with van der Waals surface area (Å²) in [4.78, 5) is 3.57. The number of rotatable bonds is 5. The summed E-state index contributed by atoms with van der Waals surface area (Å²) in [6.07, 6.45) is 5.88. The Morgan fingerprint density at radius 2 is 2.11 bits per heavy atom. The van der Waals surface area contributed by atoms with Crippen molar-refractivity contribution in [2.24, 2.45) is 0 Å². The van der Waals surface area contributed by atoms with Crippen LogP contribution in [0.25, 0.3) is 10.9 Å². The lowest BCUT2D eigenvalue weighted by Gasteiger charge is -2.10. The van der Waals surface area contributed by atoms with E-state index in [-0.39, 0.29) is 6.61 Å². The van der Waals surface area contributed by atoms with Gasteiger partial charge in [0.15, 0.2) is 0 Å². The first-order valence-electron chi connectivity index (χ1n) is 7.32. The van der Waals surface area contributed by atoms with Gasteiger partial charge in [-0.05, 0) is 61.9 Å². The third-order valence-electron chi connectivity index (χ3n) is 4.00. The lowest BCUT2D eigenvalue weighted by atomic mass is 9.95. The zero-order chi connectivity index (χ0) is 13.1. The Bertz CT molecular complexity index is 559. The molecule has 0 radical (unpaired) electrons. The van der Waals surface area contributed by atoms with Gasteiger partial charge in [0.2, 0.25) is 0 Å². The van der Waals surface area contributed by atoms with Crippen LogP contribution in [0.2, 0.25) is 0 Å². The minimum absolute atomic E-state index is 0.261. The van der Waals surface area contributed by atoms with Crippen LogP contribution in [0, 0.1) is 0 Å². The monoisotopic (exact) mass is 258 g/mol. The molecule has 0 saturated heterocycles. The molecular weight excluding hydrogens is 236 g/mol. The number of hydrogen-bond acceptors (Lipinski definition) is 2. The standard InChI is InChI=1S/C16H22N2O/c19-9-3-8-17-11-12-6-7-16-14(10-12)13-4-1-2-5-15(13)18-16/h6-7,10,17-19H,1-5,8-9,11H2. The van der Waals surface area contributed by atoms with Crippen molar-refractivity contribution in [2.45, 2.75) is 38.6 Å². The van der Waals surface area contributed by atoms with Crippen LogP contribution in [0.3, 0.4) is 0 Å². The van der Waals surface area contributed by atoms with Gasteiger partial charge in [-0.15, -0.1) is 0 Å². The average Bonchev–Trinajstić information content (AvgIpc) is 2.82. The minimum atomic E-state index is 0.261. The largest absolute Gasteiger partial charge is 0.396 e. The van der Waals surface area contributed by atoms with Gasteiger partial charge in [-0.2, -0.15) is 0 Å². The summed E-state index contributed by atoms with van der Waals surface area (Å²) in [5, 5.41) is 13.5. The summed E-state index contributed by atoms with van der Waals surface area (Å²) in [6.45, 7) is 2.02. The molecule has 0 amide bonds. The second-order valence-electron chi connectivity index (χ2n) is 5.42. The second kappa shape index (κ2) is 5.76. The lowest BCUT2D eigenvalue weighted by Crippen LogP contribution is -2.15. The SMILES string of the molecule is OCCCNCc1ccc2[nH]c3c(c2c1)CCCC3. The highest BCUT2D eigenvalue weighted by Gasteiger charge is 2.15. The van der Waals surface area contributed by atoms with E-state index in [4.69, 9.17) is 5.11 Å². The quantitative estimate of drug-likeness (QED) is 0.722. The molecule has 1 aliphatic carbocycles. The van der Waals surface area contributed by atoms with Crippen molar-refractivity contribution in [3.05, 3.63) is 35.0 Å². The molecule has 1 heterocycles. The van der Waals surface area contributed by atoms with Gasteiger partial charge in [-0.1, -0.05) is 6.07 Å². The fourth-order valence-corrected chi connectivity index (χ4v) is 3.00. The van der Waals surface area contributed by atoms with Gasteiger partial charge < -0.3 is 15.4 Å². The van der Waals surface area contributed by atoms with E-state index >= 15 is 0 Å². The van der Waals surface area contributed by atoms with E-state index in [0.29, 0.717) is 0 Å². The number of aromatic nitrogens is 1. The van der Waals surface area contributed by atoms with Crippen molar-refractivity contribution < 1.29 is 5.11 Å². The van der Waals surface area contributed by atoms with Crippen LogP contribution in [0.15, 0.2) is 18.2 Å². The van der Waals surface area contributed by atoms with Gasteiger partial charge in [0.25, 0.3) is 0 Å². The zero-order valence-electron chi connectivity index (χ0n) is 11.3. The van der Waals surface area contributed by atoms with E-state index in [1.54, 1.807) is 5.56 Å². The molecule has 0 spiro atoms. The van der Waals surface area contributed by atoms with Crippen molar-refractivity contribution in [1.29, 1.82) is 0 Å². The Kier molecular flexibility index (Phi) is 3.85. The summed E-state index contributed by atoms with van der Waals surface area (Å²) >= 11 is 0. The molecule has 2 aromatic rings. The van der Waals surface area contributed by atoms with Gasteiger partial charge in [-0.25, -0.2) is 0 Å². The molecule has 1 aromatic heterocycles. The molecule has 0 fully saturated rings. The summed E-state index contributed by atoms with van der Waals surface area (Å²) in [6, 6.07) is 6.72. The number of aliphatic hydroxyl groups excluding tert-OH is 1. The van der Waals surface area contributed by atoms with Crippen LogP contribution >= 0.6 is 0 Å². The summed E-state index contributed by atoms with van der Waals surface area (Å²) < 4.78 is 0. The molecule has 0 atom stereocenters. The highest BCUT2D eigenvalue weighted by Crippen LogP contribution is 2.29. The smallest absolute Gasteiger partial charge is 0.0459 e. The van der Waals surface area contributed by atoms with Crippen LogP contribution in [-0.2, 0) is 19.4 Å².